The number of hydrogen-bond donors (Lipinski definition) is 1. The smallest absolute Gasteiger partial charge is 0.263 e. The van der Waals surface area contributed by atoms with E-state index in [1.807, 2.05) is 12.3 Å². The van der Waals surface area contributed by atoms with Crippen molar-refractivity contribution in [3.05, 3.63) is 40.9 Å². The Kier molecular flexibility index (Phi) is 3.49. The first kappa shape index (κ1) is 12.1. The van der Waals surface area contributed by atoms with Gasteiger partial charge in [-0.3, -0.25) is 0 Å². The van der Waals surface area contributed by atoms with Crippen molar-refractivity contribution in [1.29, 1.82) is 0 Å². The van der Waals surface area contributed by atoms with Crippen LogP contribution in [-0.4, -0.2) is 4.98 Å². The van der Waals surface area contributed by atoms with E-state index in [-0.39, 0.29) is 11.6 Å². The maximum absolute atomic E-state index is 12.4. The minimum absolute atomic E-state index is 0.0257. The number of halogens is 2. The van der Waals surface area contributed by atoms with E-state index >= 15 is 0 Å². The van der Waals surface area contributed by atoms with Crippen molar-refractivity contribution in [2.45, 2.75) is 19.4 Å². The van der Waals surface area contributed by atoms with Crippen molar-refractivity contribution in [1.82, 2.24) is 4.98 Å². The van der Waals surface area contributed by atoms with Crippen LogP contribution >= 0.6 is 11.3 Å². The average molecular weight is 254 g/mol. The van der Waals surface area contributed by atoms with Gasteiger partial charge in [0.1, 0.15) is 5.01 Å². The van der Waals surface area contributed by atoms with Gasteiger partial charge in [0.25, 0.3) is 6.43 Å². The monoisotopic (exact) mass is 254 g/mol. The molecule has 0 saturated heterocycles. The topological polar surface area (TPSA) is 38.9 Å². The zero-order chi connectivity index (χ0) is 12.4. The number of benzene rings is 1. The molecular formula is C12H12F2N2S. The first-order valence-corrected chi connectivity index (χ1v) is 6.05. The lowest BCUT2D eigenvalue weighted by atomic mass is 10.1. The quantitative estimate of drug-likeness (QED) is 0.905. The van der Waals surface area contributed by atoms with Crippen molar-refractivity contribution in [3.8, 4) is 10.6 Å². The van der Waals surface area contributed by atoms with Gasteiger partial charge in [-0.2, -0.15) is 0 Å². The lowest BCUT2D eigenvalue weighted by Crippen LogP contribution is -2.04. The summed E-state index contributed by atoms with van der Waals surface area (Å²) in [5.74, 6) is 0. The molecule has 1 heterocycles. The summed E-state index contributed by atoms with van der Waals surface area (Å²) in [6.45, 7) is 1.86. The van der Waals surface area contributed by atoms with Gasteiger partial charge in [0.15, 0.2) is 0 Å². The van der Waals surface area contributed by atoms with Crippen LogP contribution in [0.15, 0.2) is 29.6 Å². The number of aromatic nitrogens is 1. The zero-order valence-corrected chi connectivity index (χ0v) is 10.0. The molecule has 2 rings (SSSR count). The third-order valence-electron chi connectivity index (χ3n) is 2.40. The molecule has 0 radical (unpaired) electrons. The van der Waals surface area contributed by atoms with Crippen LogP contribution in [0.25, 0.3) is 10.6 Å². The van der Waals surface area contributed by atoms with Crippen molar-refractivity contribution in [2.75, 3.05) is 0 Å². The Morgan fingerprint density at radius 1 is 1.24 bits per heavy atom. The molecule has 5 heteroatoms. The minimum Gasteiger partial charge on any atom is -0.323 e. The predicted molar refractivity (Wildman–Crippen MR) is 65.1 cm³/mol. The summed E-state index contributed by atoms with van der Waals surface area (Å²) in [6, 6.07) is 6.05. The highest BCUT2D eigenvalue weighted by atomic mass is 32.1. The van der Waals surface area contributed by atoms with Gasteiger partial charge in [-0.05, 0) is 6.92 Å². The molecular weight excluding hydrogens is 242 g/mol. The summed E-state index contributed by atoms with van der Waals surface area (Å²) in [7, 11) is 0. The largest absolute Gasteiger partial charge is 0.323 e. The molecule has 0 aliphatic heterocycles. The van der Waals surface area contributed by atoms with Crippen molar-refractivity contribution in [2.24, 2.45) is 5.73 Å². The lowest BCUT2D eigenvalue weighted by Gasteiger charge is -2.01. The molecule has 0 amide bonds. The second kappa shape index (κ2) is 4.89. The molecule has 0 bridgehead atoms. The molecule has 0 saturated carbocycles. The Hall–Kier alpha value is -1.33. The standard InChI is InChI=1S/C12H12F2N2S/c1-7(15)10-6-17-12(16-10)9-4-2-8(3-5-9)11(13)14/h2-7,11H,15H2,1H3. The number of nitrogens with zero attached hydrogens (tertiary/aromatic N) is 1. The van der Waals surface area contributed by atoms with Crippen LogP contribution in [0.4, 0.5) is 8.78 Å². The fourth-order valence-electron chi connectivity index (χ4n) is 1.40. The van der Waals surface area contributed by atoms with Crippen LogP contribution in [-0.2, 0) is 0 Å². The molecule has 1 unspecified atom stereocenters. The normalized spacial score (nSPS) is 13.0. The van der Waals surface area contributed by atoms with E-state index in [0.29, 0.717) is 0 Å². The van der Waals surface area contributed by atoms with E-state index in [0.717, 1.165) is 16.3 Å². The first-order valence-electron chi connectivity index (χ1n) is 5.17. The van der Waals surface area contributed by atoms with Gasteiger partial charge in [-0.25, -0.2) is 13.8 Å². The molecule has 1 aromatic carbocycles. The number of nitrogens with two attached hydrogens (primary N) is 1. The minimum atomic E-state index is -2.43. The average Bonchev–Trinajstić information content (AvgIpc) is 2.78. The van der Waals surface area contributed by atoms with E-state index in [9.17, 15) is 8.78 Å². The summed E-state index contributed by atoms with van der Waals surface area (Å²) >= 11 is 1.47. The summed E-state index contributed by atoms with van der Waals surface area (Å²) in [5.41, 5.74) is 7.40. The number of hydrogen-bond acceptors (Lipinski definition) is 3. The van der Waals surface area contributed by atoms with E-state index < -0.39 is 6.43 Å². The van der Waals surface area contributed by atoms with Gasteiger partial charge < -0.3 is 5.73 Å². The van der Waals surface area contributed by atoms with E-state index in [2.05, 4.69) is 4.98 Å². The van der Waals surface area contributed by atoms with E-state index in [4.69, 9.17) is 5.73 Å². The maximum Gasteiger partial charge on any atom is 0.263 e. The number of alkyl halides is 2. The highest BCUT2D eigenvalue weighted by Crippen LogP contribution is 2.27. The van der Waals surface area contributed by atoms with Crippen molar-refractivity contribution >= 4 is 11.3 Å². The summed E-state index contributed by atoms with van der Waals surface area (Å²) < 4.78 is 24.8. The van der Waals surface area contributed by atoms with Gasteiger partial charge >= 0.3 is 0 Å². The summed E-state index contributed by atoms with van der Waals surface area (Å²) in [6.07, 6.45) is -2.43. The Labute approximate surface area is 102 Å². The second-order valence-electron chi connectivity index (χ2n) is 3.79. The predicted octanol–water partition coefficient (Wildman–Crippen LogP) is 3.77. The number of thiazole rings is 1. The molecule has 90 valence electrons. The van der Waals surface area contributed by atoms with Crippen LogP contribution in [0.1, 0.15) is 30.6 Å². The highest BCUT2D eigenvalue weighted by molar-refractivity contribution is 7.13. The molecule has 0 spiro atoms. The molecule has 1 atom stereocenters. The SMILES string of the molecule is CC(N)c1csc(-c2ccc(C(F)F)cc2)n1. The molecule has 0 aliphatic rings. The summed E-state index contributed by atoms with van der Waals surface area (Å²) in [4.78, 5) is 4.36. The molecule has 2 aromatic rings. The van der Waals surface area contributed by atoms with Crippen LogP contribution in [0.2, 0.25) is 0 Å². The summed E-state index contributed by atoms with van der Waals surface area (Å²) in [5, 5.41) is 2.69. The molecule has 1 aromatic heterocycles. The second-order valence-corrected chi connectivity index (χ2v) is 4.65. The highest BCUT2D eigenvalue weighted by Gasteiger charge is 2.10. The Balaban J connectivity index is 2.27. The van der Waals surface area contributed by atoms with Crippen LogP contribution < -0.4 is 5.73 Å². The lowest BCUT2D eigenvalue weighted by molar-refractivity contribution is 0.151. The fourth-order valence-corrected chi connectivity index (χ4v) is 2.33. The van der Waals surface area contributed by atoms with Crippen molar-refractivity contribution in [3.63, 3.8) is 0 Å². The molecule has 2 N–H and O–H groups in total. The van der Waals surface area contributed by atoms with Crippen molar-refractivity contribution < 1.29 is 8.78 Å². The zero-order valence-electron chi connectivity index (χ0n) is 9.23. The van der Waals surface area contributed by atoms with Crippen LogP contribution in [0.5, 0.6) is 0 Å². The van der Waals surface area contributed by atoms with Crippen LogP contribution in [0.3, 0.4) is 0 Å². The van der Waals surface area contributed by atoms with E-state index in [1.165, 1.54) is 23.5 Å². The van der Waals surface area contributed by atoms with Gasteiger partial charge in [-0.15, -0.1) is 11.3 Å². The Morgan fingerprint density at radius 2 is 1.88 bits per heavy atom. The first-order chi connectivity index (χ1) is 8.08. The molecule has 0 aliphatic carbocycles. The van der Waals surface area contributed by atoms with Gasteiger partial charge in [0.2, 0.25) is 0 Å². The number of rotatable bonds is 3. The third kappa shape index (κ3) is 2.68. The fraction of sp³-hybridized carbons (Fsp3) is 0.250. The third-order valence-corrected chi connectivity index (χ3v) is 3.31. The Bertz CT molecular complexity index is 491. The van der Waals surface area contributed by atoms with Gasteiger partial charge in [-0.1, -0.05) is 24.3 Å². The molecule has 17 heavy (non-hydrogen) atoms. The maximum atomic E-state index is 12.4. The molecule has 0 fully saturated rings. The Morgan fingerprint density at radius 3 is 2.35 bits per heavy atom. The van der Waals surface area contributed by atoms with Gasteiger partial charge in [0.05, 0.1) is 5.69 Å². The van der Waals surface area contributed by atoms with Crippen LogP contribution in [0, 0.1) is 0 Å². The molecule has 2 nitrogen and oxygen atoms in total. The van der Waals surface area contributed by atoms with E-state index in [1.54, 1.807) is 12.1 Å². The van der Waals surface area contributed by atoms with Gasteiger partial charge in [0, 0.05) is 22.5 Å².